The highest BCUT2D eigenvalue weighted by molar-refractivity contribution is 5.16. The van der Waals surface area contributed by atoms with Gasteiger partial charge in [0.1, 0.15) is 0 Å². The predicted molar refractivity (Wildman–Crippen MR) is 73.3 cm³/mol. The summed E-state index contributed by atoms with van der Waals surface area (Å²) in [5.74, 6) is 0. The summed E-state index contributed by atoms with van der Waals surface area (Å²) in [4.78, 5) is 4.21. The Morgan fingerprint density at radius 3 is 2.56 bits per heavy atom. The van der Waals surface area contributed by atoms with E-state index in [1.807, 2.05) is 25.1 Å². The lowest BCUT2D eigenvalue weighted by Gasteiger charge is -2.10. The molecule has 0 aliphatic heterocycles. The van der Waals surface area contributed by atoms with Crippen molar-refractivity contribution in [2.75, 3.05) is 0 Å². The van der Waals surface area contributed by atoms with Crippen LogP contribution in [0.5, 0.6) is 0 Å². The average Bonchev–Trinajstić information content (AvgIpc) is 2.40. The molecule has 2 nitrogen and oxygen atoms in total. The molecule has 1 atom stereocenters. The Bertz CT molecular complexity index is 464. The third kappa shape index (κ3) is 3.67. The summed E-state index contributed by atoms with van der Waals surface area (Å²) in [6.45, 7) is 1.95. The van der Waals surface area contributed by atoms with Crippen molar-refractivity contribution in [2.45, 2.75) is 32.3 Å². The van der Waals surface area contributed by atoms with Crippen LogP contribution in [0.1, 0.15) is 35.8 Å². The number of aryl methyl sites for hydroxylation is 2. The average molecular weight is 241 g/mol. The summed E-state index contributed by atoms with van der Waals surface area (Å²) in [7, 11) is 0. The molecule has 0 fully saturated rings. The lowest BCUT2D eigenvalue weighted by molar-refractivity contribution is 0.164. The number of nitrogens with zero attached hydrogens (tertiary/aromatic N) is 1. The zero-order valence-electron chi connectivity index (χ0n) is 10.7. The van der Waals surface area contributed by atoms with Crippen molar-refractivity contribution in [3.8, 4) is 0 Å². The highest BCUT2D eigenvalue weighted by atomic mass is 16.3. The summed E-state index contributed by atoms with van der Waals surface area (Å²) in [5.41, 5.74) is 3.22. The van der Waals surface area contributed by atoms with E-state index in [9.17, 15) is 5.11 Å². The molecule has 1 N–H and O–H groups in total. The SMILES string of the molecule is Cc1ccc(C(O)CCCc2ccccc2)cn1. The second-order valence-corrected chi connectivity index (χ2v) is 4.63. The first kappa shape index (κ1) is 12.8. The van der Waals surface area contributed by atoms with Gasteiger partial charge < -0.3 is 5.11 Å². The molecular formula is C16H19NO. The minimum Gasteiger partial charge on any atom is -0.388 e. The fourth-order valence-electron chi connectivity index (χ4n) is 1.99. The van der Waals surface area contributed by atoms with Crippen molar-refractivity contribution in [3.63, 3.8) is 0 Å². The number of aromatic nitrogens is 1. The van der Waals surface area contributed by atoms with Gasteiger partial charge in [-0.2, -0.15) is 0 Å². The zero-order chi connectivity index (χ0) is 12.8. The number of aliphatic hydroxyl groups is 1. The topological polar surface area (TPSA) is 33.1 Å². The summed E-state index contributed by atoms with van der Waals surface area (Å²) >= 11 is 0. The summed E-state index contributed by atoms with van der Waals surface area (Å²) < 4.78 is 0. The lowest BCUT2D eigenvalue weighted by atomic mass is 10.0. The van der Waals surface area contributed by atoms with Crippen LogP contribution in [-0.2, 0) is 6.42 Å². The minimum absolute atomic E-state index is 0.401. The number of rotatable bonds is 5. The van der Waals surface area contributed by atoms with Gasteiger partial charge in [0.25, 0.3) is 0 Å². The van der Waals surface area contributed by atoms with Gasteiger partial charge in [-0.1, -0.05) is 36.4 Å². The van der Waals surface area contributed by atoms with Crippen LogP contribution in [0.2, 0.25) is 0 Å². The molecule has 0 saturated heterocycles. The van der Waals surface area contributed by atoms with E-state index < -0.39 is 6.10 Å². The highest BCUT2D eigenvalue weighted by Crippen LogP contribution is 2.18. The fraction of sp³-hybridized carbons (Fsp3) is 0.312. The number of aliphatic hydroxyl groups excluding tert-OH is 1. The molecule has 2 rings (SSSR count). The molecular weight excluding hydrogens is 222 g/mol. The van der Waals surface area contributed by atoms with Crippen molar-refractivity contribution in [1.82, 2.24) is 4.98 Å². The van der Waals surface area contributed by atoms with Crippen molar-refractivity contribution in [2.24, 2.45) is 0 Å². The minimum atomic E-state index is -0.401. The van der Waals surface area contributed by atoms with E-state index in [1.165, 1.54) is 5.56 Å². The van der Waals surface area contributed by atoms with Gasteiger partial charge in [0.05, 0.1) is 6.10 Å². The molecule has 0 aliphatic carbocycles. The van der Waals surface area contributed by atoms with E-state index in [1.54, 1.807) is 6.20 Å². The van der Waals surface area contributed by atoms with Gasteiger partial charge in [0.2, 0.25) is 0 Å². The largest absolute Gasteiger partial charge is 0.388 e. The Morgan fingerprint density at radius 1 is 1.11 bits per heavy atom. The molecule has 1 aromatic heterocycles. The number of hydrogen-bond acceptors (Lipinski definition) is 2. The van der Waals surface area contributed by atoms with Gasteiger partial charge >= 0.3 is 0 Å². The highest BCUT2D eigenvalue weighted by Gasteiger charge is 2.07. The number of pyridine rings is 1. The Hall–Kier alpha value is -1.67. The molecule has 2 aromatic rings. The molecule has 2 heteroatoms. The van der Waals surface area contributed by atoms with Crippen LogP contribution in [-0.4, -0.2) is 10.1 Å². The standard InChI is InChI=1S/C16H19NO/c1-13-10-11-15(12-17-13)16(18)9-5-8-14-6-3-2-4-7-14/h2-4,6-7,10-12,16,18H,5,8-9H2,1H3. The van der Waals surface area contributed by atoms with E-state index in [0.29, 0.717) is 0 Å². The van der Waals surface area contributed by atoms with Crippen molar-refractivity contribution in [1.29, 1.82) is 0 Å². The van der Waals surface area contributed by atoms with E-state index in [4.69, 9.17) is 0 Å². The predicted octanol–water partition coefficient (Wildman–Crippen LogP) is 3.45. The Kier molecular flexibility index (Phi) is 4.48. The van der Waals surface area contributed by atoms with E-state index >= 15 is 0 Å². The van der Waals surface area contributed by atoms with Crippen LogP contribution in [0.25, 0.3) is 0 Å². The molecule has 18 heavy (non-hydrogen) atoms. The molecule has 0 bridgehead atoms. The van der Waals surface area contributed by atoms with Crippen LogP contribution < -0.4 is 0 Å². The van der Waals surface area contributed by atoms with Crippen LogP contribution >= 0.6 is 0 Å². The fourth-order valence-corrected chi connectivity index (χ4v) is 1.99. The van der Waals surface area contributed by atoms with E-state index in [0.717, 1.165) is 30.5 Å². The number of benzene rings is 1. The summed E-state index contributed by atoms with van der Waals surface area (Å²) in [6, 6.07) is 14.3. The van der Waals surface area contributed by atoms with Crippen LogP contribution in [0.4, 0.5) is 0 Å². The molecule has 0 aliphatic rings. The molecule has 0 spiro atoms. The second kappa shape index (κ2) is 6.31. The van der Waals surface area contributed by atoms with Gasteiger partial charge in [0.15, 0.2) is 0 Å². The third-order valence-electron chi connectivity index (χ3n) is 3.10. The van der Waals surface area contributed by atoms with Gasteiger partial charge in [-0.15, -0.1) is 0 Å². The maximum absolute atomic E-state index is 10.0. The molecule has 1 heterocycles. The normalized spacial score (nSPS) is 12.3. The van der Waals surface area contributed by atoms with Crippen molar-refractivity contribution < 1.29 is 5.11 Å². The monoisotopic (exact) mass is 241 g/mol. The van der Waals surface area contributed by atoms with Gasteiger partial charge in [-0.3, -0.25) is 4.98 Å². The van der Waals surface area contributed by atoms with E-state index in [2.05, 4.69) is 29.2 Å². The van der Waals surface area contributed by atoms with Crippen LogP contribution in [0.15, 0.2) is 48.7 Å². The summed E-state index contributed by atoms with van der Waals surface area (Å²) in [5, 5.41) is 10.0. The molecule has 0 amide bonds. The smallest absolute Gasteiger partial charge is 0.0805 e. The first-order chi connectivity index (χ1) is 8.75. The molecule has 1 aromatic carbocycles. The lowest BCUT2D eigenvalue weighted by Crippen LogP contribution is -1.99. The Morgan fingerprint density at radius 2 is 1.89 bits per heavy atom. The third-order valence-corrected chi connectivity index (χ3v) is 3.10. The van der Waals surface area contributed by atoms with Crippen LogP contribution in [0, 0.1) is 6.92 Å². The van der Waals surface area contributed by atoms with Crippen molar-refractivity contribution >= 4 is 0 Å². The van der Waals surface area contributed by atoms with E-state index in [-0.39, 0.29) is 0 Å². The first-order valence-corrected chi connectivity index (χ1v) is 6.40. The van der Waals surface area contributed by atoms with Gasteiger partial charge in [-0.25, -0.2) is 0 Å². The first-order valence-electron chi connectivity index (χ1n) is 6.40. The van der Waals surface area contributed by atoms with Gasteiger partial charge in [-0.05, 0) is 43.4 Å². The maximum atomic E-state index is 10.0. The zero-order valence-corrected chi connectivity index (χ0v) is 10.7. The maximum Gasteiger partial charge on any atom is 0.0805 e. The molecule has 1 unspecified atom stereocenters. The molecule has 0 saturated carbocycles. The molecule has 0 radical (unpaired) electrons. The van der Waals surface area contributed by atoms with Gasteiger partial charge in [0, 0.05) is 11.9 Å². The Labute approximate surface area is 108 Å². The Balaban J connectivity index is 1.81. The van der Waals surface area contributed by atoms with Crippen LogP contribution in [0.3, 0.4) is 0 Å². The second-order valence-electron chi connectivity index (χ2n) is 4.63. The number of hydrogen-bond donors (Lipinski definition) is 1. The summed E-state index contributed by atoms with van der Waals surface area (Å²) in [6.07, 6.45) is 4.14. The van der Waals surface area contributed by atoms with Crippen molar-refractivity contribution in [3.05, 3.63) is 65.5 Å². The molecule has 94 valence electrons. The quantitative estimate of drug-likeness (QED) is 0.869.